The molecule has 1 saturated heterocycles. The van der Waals surface area contributed by atoms with E-state index in [4.69, 9.17) is 5.73 Å². The summed E-state index contributed by atoms with van der Waals surface area (Å²) in [7, 11) is 0. The molecule has 1 aliphatic heterocycles. The summed E-state index contributed by atoms with van der Waals surface area (Å²) < 4.78 is 0. The van der Waals surface area contributed by atoms with Gasteiger partial charge in [0.05, 0.1) is 0 Å². The summed E-state index contributed by atoms with van der Waals surface area (Å²) in [4.78, 5) is 2.39. The van der Waals surface area contributed by atoms with Gasteiger partial charge < -0.3 is 5.73 Å². The maximum Gasteiger partial charge on any atom is 0.0160 e. The van der Waals surface area contributed by atoms with Gasteiger partial charge in [0.25, 0.3) is 0 Å². The first kappa shape index (κ1) is 7.76. The molecule has 0 spiro atoms. The molecule has 0 bridgehead atoms. The molecule has 1 fully saturated rings. The van der Waals surface area contributed by atoms with E-state index in [1.807, 2.05) is 6.08 Å². The molecule has 2 nitrogen and oxygen atoms in total. The van der Waals surface area contributed by atoms with Crippen LogP contribution in [0.25, 0.3) is 0 Å². The molecule has 0 aromatic heterocycles. The van der Waals surface area contributed by atoms with Gasteiger partial charge in [-0.1, -0.05) is 6.08 Å². The van der Waals surface area contributed by atoms with Gasteiger partial charge in [-0.15, -0.1) is 6.58 Å². The van der Waals surface area contributed by atoms with Crippen LogP contribution in [-0.2, 0) is 0 Å². The molecule has 10 heavy (non-hydrogen) atoms. The van der Waals surface area contributed by atoms with E-state index < -0.39 is 0 Å². The summed E-state index contributed by atoms with van der Waals surface area (Å²) in [5.41, 5.74) is 5.54. The van der Waals surface area contributed by atoms with Crippen molar-refractivity contribution >= 4 is 0 Å². The first-order valence-electron chi connectivity index (χ1n) is 3.90. The Balaban J connectivity index is 2.21. The van der Waals surface area contributed by atoms with Gasteiger partial charge in [-0.05, 0) is 25.4 Å². The molecule has 2 N–H and O–H groups in total. The number of hydrogen-bond acceptors (Lipinski definition) is 2. The summed E-state index contributed by atoms with van der Waals surface area (Å²) >= 11 is 0. The van der Waals surface area contributed by atoms with E-state index in [0.29, 0.717) is 0 Å². The summed E-state index contributed by atoms with van der Waals surface area (Å²) in [6.07, 6.45) is 3.23. The zero-order chi connectivity index (χ0) is 7.40. The topological polar surface area (TPSA) is 29.3 Å². The molecular weight excluding hydrogens is 124 g/mol. The van der Waals surface area contributed by atoms with Crippen molar-refractivity contribution in [1.82, 2.24) is 4.90 Å². The first-order chi connectivity index (χ1) is 4.86. The van der Waals surface area contributed by atoms with Crippen molar-refractivity contribution in [1.29, 1.82) is 0 Å². The maximum absolute atomic E-state index is 5.54. The van der Waals surface area contributed by atoms with Gasteiger partial charge in [0.1, 0.15) is 0 Å². The largest absolute Gasteiger partial charge is 0.330 e. The van der Waals surface area contributed by atoms with Gasteiger partial charge in [-0.3, -0.25) is 4.90 Å². The van der Waals surface area contributed by atoms with Crippen molar-refractivity contribution in [3.8, 4) is 0 Å². The first-order valence-corrected chi connectivity index (χ1v) is 3.90. The normalized spacial score (nSPS) is 27.1. The number of likely N-dealkylation sites (tertiary alicyclic amines) is 1. The Bertz CT molecular complexity index is 112. The van der Waals surface area contributed by atoms with Crippen molar-refractivity contribution in [2.75, 3.05) is 26.2 Å². The van der Waals surface area contributed by atoms with E-state index in [1.165, 1.54) is 19.5 Å². The highest BCUT2D eigenvalue weighted by Gasteiger charge is 2.19. The van der Waals surface area contributed by atoms with Gasteiger partial charge in [0.2, 0.25) is 0 Å². The van der Waals surface area contributed by atoms with Crippen LogP contribution in [0, 0.1) is 5.92 Å². The quantitative estimate of drug-likeness (QED) is 0.577. The number of nitrogens with zero attached hydrogens (tertiary/aromatic N) is 1. The van der Waals surface area contributed by atoms with E-state index in [2.05, 4.69) is 11.5 Å². The average molecular weight is 140 g/mol. The summed E-state index contributed by atoms with van der Waals surface area (Å²) in [6.45, 7) is 7.94. The molecule has 1 aliphatic rings. The van der Waals surface area contributed by atoms with Crippen LogP contribution in [0.3, 0.4) is 0 Å². The number of nitrogens with two attached hydrogens (primary N) is 1. The molecule has 0 radical (unpaired) electrons. The van der Waals surface area contributed by atoms with Crippen molar-refractivity contribution in [2.45, 2.75) is 6.42 Å². The summed E-state index contributed by atoms with van der Waals surface area (Å²) in [6, 6.07) is 0. The highest BCUT2D eigenvalue weighted by Crippen LogP contribution is 2.13. The zero-order valence-electron chi connectivity index (χ0n) is 6.42. The Kier molecular flexibility index (Phi) is 2.90. The van der Waals surface area contributed by atoms with Gasteiger partial charge in [-0.25, -0.2) is 0 Å². The predicted molar refractivity (Wildman–Crippen MR) is 43.8 cm³/mol. The minimum Gasteiger partial charge on any atom is -0.330 e. The second kappa shape index (κ2) is 3.74. The van der Waals surface area contributed by atoms with E-state index >= 15 is 0 Å². The van der Waals surface area contributed by atoms with E-state index in [0.717, 1.165) is 19.0 Å². The van der Waals surface area contributed by atoms with Gasteiger partial charge in [0.15, 0.2) is 0 Å². The fourth-order valence-corrected chi connectivity index (χ4v) is 1.45. The highest BCUT2D eigenvalue weighted by atomic mass is 15.1. The van der Waals surface area contributed by atoms with Crippen LogP contribution in [0.1, 0.15) is 6.42 Å². The standard InChI is InChI=1S/C8H16N2/c1-2-4-10-5-3-8(6-9)7-10/h2,8H,1,3-7,9H2/t8-/m0/s1. The lowest BCUT2D eigenvalue weighted by Crippen LogP contribution is -2.22. The molecule has 2 heteroatoms. The van der Waals surface area contributed by atoms with Crippen LogP contribution >= 0.6 is 0 Å². The predicted octanol–water partition coefficient (Wildman–Crippen LogP) is 0.453. The fourth-order valence-electron chi connectivity index (χ4n) is 1.45. The Morgan fingerprint density at radius 2 is 2.50 bits per heavy atom. The second-order valence-electron chi connectivity index (χ2n) is 2.94. The SMILES string of the molecule is C=CCN1CC[C@@H](CN)C1. The fraction of sp³-hybridized carbons (Fsp3) is 0.750. The Hall–Kier alpha value is -0.340. The number of hydrogen-bond donors (Lipinski definition) is 1. The molecule has 58 valence electrons. The van der Waals surface area contributed by atoms with Crippen molar-refractivity contribution in [3.05, 3.63) is 12.7 Å². The molecule has 0 aliphatic carbocycles. The second-order valence-corrected chi connectivity index (χ2v) is 2.94. The molecule has 0 saturated carbocycles. The third-order valence-electron chi connectivity index (χ3n) is 2.09. The lowest BCUT2D eigenvalue weighted by Gasteiger charge is -2.11. The van der Waals surface area contributed by atoms with Crippen molar-refractivity contribution < 1.29 is 0 Å². The molecule has 1 heterocycles. The monoisotopic (exact) mass is 140 g/mol. The Morgan fingerprint density at radius 1 is 1.70 bits per heavy atom. The Morgan fingerprint density at radius 3 is 3.00 bits per heavy atom. The average Bonchev–Trinajstić information content (AvgIpc) is 2.37. The lowest BCUT2D eigenvalue weighted by atomic mass is 10.1. The summed E-state index contributed by atoms with van der Waals surface area (Å²) in [5, 5.41) is 0. The van der Waals surface area contributed by atoms with E-state index in [1.54, 1.807) is 0 Å². The van der Waals surface area contributed by atoms with E-state index in [9.17, 15) is 0 Å². The van der Waals surface area contributed by atoms with Crippen LogP contribution in [0.2, 0.25) is 0 Å². The molecule has 0 amide bonds. The smallest absolute Gasteiger partial charge is 0.0160 e. The molecular formula is C8H16N2. The molecule has 0 unspecified atom stereocenters. The molecule has 1 atom stereocenters. The van der Waals surface area contributed by atoms with Gasteiger partial charge >= 0.3 is 0 Å². The lowest BCUT2D eigenvalue weighted by molar-refractivity contribution is 0.360. The van der Waals surface area contributed by atoms with Crippen molar-refractivity contribution in [2.24, 2.45) is 11.7 Å². The third kappa shape index (κ3) is 1.82. The number of rotatable bonds is 3. The van der Waals surface area contributed by atoms with Crippen LogP contribution in [0.15, 0.2) is 12.7 Å². The zero-order valence-corrected chi connectivity index (χ0v) is 6.42. The van der Waals surface area contributed by atoms with Gasteiger partial charge in [0, 0.05) is 13.1 Å². The van der Waals surface area contributed by atoms with Crippen LogP contribution in [0.5, 0.6) is 0 Å². The minimum atomic E-state index is 0.736. The maximum atomic E-state index is 5.54. The Labute approximate surface area is 62.7 Å². The van der Waals surface area contributed by atoms with Crippen LogP contribution in [-0.4, -0.2) is 31.1 Å². The molecule has 0 aromatic rings. The minimum absolute atomic E-state index is 0.736. The van der Waals surface area contributed by atoms with E-state index in [-0.39, 0.29) is 0 Å². The van der Waals surface area contributed by atoms with Gasteiger partial charge in [-0.2, -0.15) is 0 Å². The molecule has 1 rings (SSSR count). The van der Waals surface area contributed by atoms with Crippen LogP contribution in [0.4, 0.5) is 0 Å². The highest BCUT2D eigenvalue weighted by molar-refractivity contribution is 4.81. The van der Waals surface area contributed by atoms with Crippen LogP contribution < -0.4 is 5.73 Å². The third-order valence-corrected chi connectivity index (χ3v) is 2.09. The molecule has 0 aromatic carbocycles. The van der Waals surface area contributed by atoms with Crippen molar-refractivity contribution in [3.63, 3.8) is 0 Å². The summed E-state index contributed by atoms with van der Waals surface area (Å²) in [5.74, 6) is 0.736.